The lowest BCUT2D eigenvalue weighted by molar-refractivity contribution is -0.124. The summed E-state index contributed by atoms with van der Waals surface area (Å²) in [7, 11) is -3.52. The summed E-state index contributed by atoms with van der Waals surface area (Å²) in [6, 6.07) is 0. The maximum absolute atomic E-state index is 12.5. The van der Waals surface area contributed by atoms with Gasteiger partial charge in [0.25, 0.3) is 5.91 Å². The number of hydrogen-bond acceptors (Lipinski definition) is 4. The molecular formula is C11H20NO4P. The fourth-order valence-corrected chi connectivity index (χ4v) is 3.58. The number of likely N-dealkylation sites (N-methyl/N-ethyl adjacent to an activating group) is 1. The van der Waals surface area contributed by atoms with E-state index in [9.17, 15) is 9.36 Å². The van der Waals surface area contributed by atoms with Crippen LogP contribution in [-0.4, -0.2) is 29.8 Å². The van der Waals surface area contributed by atoms with Crippen molar-refractivity contribution >= 4 is 13.7 Å². The summed E-state index contributed by atoms with van der Waals surface area (Å²) < 4.78 is 24.4. The fourth-order valence-electron chi connectivity index (χ4n) is 1.42. The summed E-state index contributed by atoms with van der Waals surface area (Å²) in [4.78, 5) is 11.6. The minimum atomic E-state index is -3.52. The molecule has 2 atom stereocenters. The first-order valence-electron chi connectivity index (χ1n) is 5.64. The average molecular weight is 261 g/mol. The van der Waals surface area contributed by atoms with Gasteiger partial charge in [0.2, 0.25) is 0 Å². The maximum atomic E-state index is 12.5. The molecule has 98 valence electrons. The molecule has 0 spiro atoms. The van der Waals surface area contributed by atoms with Crippen LogP contribution in [0, 0.1) is 5.41 Å². The van der Waals surface area contributed by atoms with Crippen LogP contribution in [0.1, 0.15) is 27.7 Å². The molecule has 1 heterocycles. The first-order valence-corrected chi connectivity index (χ1v) is 7.14. The Balaban J connectivity index is 2.93. The predicted molar refractivity (Wildman–Crippen MR) is 65.5 cm³/mol. The van der Waals surface area contributed by atoms with E-state index in [0.29, 0.717) is 6.61 Å². The molecule has 0 aliphatic carbocycles. The van der Waals surface area contributed by atoms with E-state index < -0.39 is 13.7 Å². The highest BCUT2D eigenvalue weighted by Crippen LogP contribution is 2.58. The highest BCUT2D eigenvalue weighted by Gasteiger charge is 2.46. The summed E-state index contributed by atoms with van der Waals surface area (Å²) in [6.45, 7) is 11.4. The highest BCUT2D eigenvalue weighted by molar-refractivity contribution is 7.52. The van der Waals surface area contributed by atoms with Crippen LogP contribution in [0.5, 0.6) is 0 Å². The van der Waals surface area contributed by atoms with Gasteiger partial charge in [-0.15, -0.1) is 0 Å². The molecule has 2 unspecified atom stereocenters. The van der Waals surface area contributed by atoms with Crippen LogP contribution >= 0.6 is 7.75 Å². The molecule has 0 saturated carbocycles. The van der Waals surface area contributed by atoms with Gasteiger partial charge < -0.3 is 0 Å². The van der Waals surface area contributed by atoms with Crippen LogP contribution in [0.2, 0.25) is 0 Å². The Morgan fingerprint density at radius 2 is 2.24 bits per heavy atom. The fraction of sp³-hybridized carbons (Fsp3) is 0.727. The van der Waals surface area contributed by atoms with E-state index >= 15 is 0 Å². The van der Waals surface area contributed by atoms with Crippen molar-refractivity contribution in [3.8, 4) is 0 Å². The summed E-state index contributed by atoms with van der Waals surface area (Å²) in [6.07, 6.45) is 0.869. The Kier molecular flexibility index (Phi) is 4.18. The number of amides is 1. The SMILES string of the molecule is C=CC(=O)N(CC)P1(=O)OCC(C)(C)C(C)O1. The first-order chi connectivity index (χ1) is 7.77. The molecular weight excluding hydrogens is 241 g/mol. The van der Waals surface area contributed by atoms with Crippen molar-refractivity contribution in [3.63, 3.8) is 0 Å². The van der Waals surface area contributed by atoms with Gasteiger partial charge in [-0.25, -0.2) is 9.24 Å². The molecule has 1 saturated heterocycles. The molecule has 1 amide bonds. The summed E-state index contributed by atoms with van der Waals surface area (Å²) in [5.74, 6) is -0.442. The molecule has 1 rings (SSSR count). The lowest BCUT2D eigenvalue weighted by atomic mass is 9.89. The van der Waals surface area contributed by atoms with Crippen molar-refractivity contribution in [2.45, 2.75) is 33.8 Å². The molecule has 6 heteroatoms. The second-order valence-electron chi connectivity index (χ2n) is 4.74. The molecule has 1 aliphatic rings. The third-order valence-electron chi connectivity index (χ3n) is 3.02. The zero-order valence-corrected chi connectivity index (χ0v) is 11.7. The quantitative estimate of drug-likeness (QED) is 0.578. The van der Waals surface area contributed by atoms with Gasteiger partial charge in [-0.2, -0.15) is 0 Å². The van der Waals surface area contributed by atoms with Crippen LogP contribution in [0.25, 0.3) is 0 Å². The third-order valence-corrected chi connectivity index (χ3v) is 5.13. The first kappa shape index (κ1) is 14.4. The molecule has 0 bridgehead atoms. The van der Waals surface area contributed by atoms with E-state index in [1.807, 2.05) is 20.8 Å². The van der Waals surface area contributed by atoms with E-state index in [1.165, 1.54) is 0 Å². The van der Waals surface area contributed by atoms with Crippen molar-refractivity contribution in [1.82, 2.24) is 4.67 Å². The third kappa shape index (κ3) is 2.79. The molecule has 1 fully saturated rings. The maximum Gasteiger partial charge on any atom is 0.438 e. The zero-order valence-electron chi connectivity index (χ0n) is 10.8. The van der Waals surface area contributed by atoms with E-state index in [2.05, 4.69) is 6.58 Å². The Morgan fingerprint density at radius 1 is 1.65 bits per heavy atom. The van der Waals surface area contributed by atoms with Crippen molar-refractivity contribution in [2.24, 2.45) is 5.41 Å². The Morgan fingerprint density at radius 3 is 2.65 bits per heavy atom. The standard InChI is InChI=1S/C11H20NO4P/c1-6-10(13)12(7-2)17(14)15-8-11(4,5)9(3)16-17/h6,9H,1,7-8H2,2-5H3. The van der Waals surface area contributed by atoms with Gasteiger partial charge in [-0.05, 0) is 19.9 Å². The molecule has 0 radical (unpaired) electrons. The van der Waals surface area contributed by atoms with E-state index in [1.54, 1.807) is 6.92 Å². The Labute approximate surface area is 102 Å². The second kappa shape index (κ2) is 4.92. The number of rotatable bonds is 3. The normalized spacial score (nSPS) is 31.9. The molecule has 0 aromatic rings. The number of carbonyl (C=O) groups is 1. The minimum absolute atomic E-state index is 0.218. The van der Waals surface area contributed by atoms with Gasteiger partial charge in [0.15, 0.2) is 0 Å². The lowest BCUT2D eigenvalue weighted by Gasteiger charge is -2.42. The molecule has 1 aliphatic heterocycles. The summed E-state index contributed by atoms with van der Waals surface area (Å²) in [5, 5.41) is 0. The lowest BCUT2D eigenvalue weighted by Crippen LogP contribution is -2.41. The molecule has 5 nitrogen and oxygen atoms in total. The van der Waals surface area contributed by atoms with Crippen LogP contribution < -0.4 is 0 Å². The van der Waals surface area contributed by atoms with Crippen LogP contribution in [0.4, 0.5) is 0 Å². The smallest absolute Gasteiger partial charge is 0.291 e. The number of nitrogens with zero attached hydrogens (tertiary/aromatic N) is 1. The van der Waals surface area contributed by atoms with Crippen LogP contribution in [0.3, 0.4) is 0 Å². The Bertz CT molecular complexity index is 366. The van der Waals surface area contributed by atoms with Crippen LogP contribution in [0.15, 0.2) is 12.7 Å². The van der Waals surface area contributed by atoms with Gasteiger partial charge in [0, 0.05) is 12.0 Å². The molecule has 0 N–H and O–H groups in total. The second-order valence-corrected chi connectivity index (χ2v) is 6.63. The van der Waals surface area contributed by atoms with Gasteiger partial charge in [0.1, 0.15) is 0 Å². The Hall–Kier alpha value is -0.640. The number of hydrogen-bond donors (Lipinski definition) is 0. The van der Waals surface area contributed by atoms with Gasteiger partial charge in [0.05, 0.1) is 12.7 Å². The number of carbonyl (C=O) groups excluding carboxylic acids is 1. The largest absolute Gasteiger partial charge is 0.438 e. The van der Waals surface area contributed by atoms with Crippen LogP contribution in [-0.2, 0) is 18.4 Å². The van der Waals surface area contributed by atoms with E-state index in [0.717, 1.165) is 10.7 Å². The van der Waals surface area contributed by atoms with E-state index in [-0.39, 0.29) is 18.1 Å². The average Bonchev–Trinajstić information content (AvgIpc) is 2.25. The van der Waals surface area contributed by atoms with Crippen molar-refractivity contribution in [2.75, 3.05) is 13.2 Å². The van der Waals surface area contributed by atoms with Gasteiger partial charge in [-0.3, -0.25) is 13.8 Å². The van der Waals surface area contributed by atoms with Crippen molar-refractivity contribution in [3.05, 3.63) is 12.7 Å². The topological polar surface area (TPSA) is 55.8 Å². The van der Waals surface area contributed by atoms with Crippen molar-refractivity contribution in [1.29, 1.82) is 0 Å². The minimum Gasteiger partial charge on any atom is -0.291 e. The summed E-state index contributed by atoms with van der Waals surface area (Å²) in [5.41, 5.74) is -0.218. The van der Waals surface area contributed by atoms with E-state index in [4.69, 9.17) is 9.05 Å². The molecule has 17 heavy (non-hydrogen) atoms. The molecule has 0 aromatic heterocycles. The zero-order chi connectivity index (χ0) is 13.3. The monoisotopic (exact) mass is 261 g/mol. The molecule has 0 aromatic carbocycles. The van der Waals surface area contributed by atoms with Gasteiger partial charge in [-0.1, -0.05) is 20.4 Å². The summed E-state index contributed by atoms with van der Waals surface area (Å²) >= 11 is 0. The highest BCUT2D eigenvalue weighted by atomic mass is 31.2. The predicted octanol–water partition coefficient (Wildman–Crippen LogP) is 2.59. The van der Waals surface area contributed by atoms with Gasteiger partial charge >= 0.3 is 7.75 Å². The van der Waals surface area contributed by atoms with Crippen molar-refractivity contribution < 1.29 is 18.4 Å².